The van der Waals surface area contributed by atoms with Crippen LogP contribution >= 0.6 is 23.1 Å². The molecule has 112 valence electrons. The molecule has 1 N–H and O–H groups in total. The Hall–Kier alpha value is -0.770. The lowest BCUT2D eigenvalue weighted by Gasteiger charge is -2.28. The molecule has 2 atom stereocenters. The van der Waals surface area contributed by atoms with E-state index in [-0.39, 0.29) is 0 Å². The number of nitrogens with one attached hydrogen (secondary N) is 1. The molecule has 1 aliphatic carbocycles. The van der Waals surface area contributed by atoms with E-state index in [1.54, 1.807) is 0 Å². The van der Waals surface area contributed by atoms with Crippen molar-refractivity contribution in [1.82, 2.24) is 5.32 Å². The smallest absolute Gasteiger partial charge is 0.0346 e. The van der Waals surface area contributed by atoms with Crippen molar-refractivity contribution in [2.45, 2.75) is 43.5 Å². The molecule has 2 unspecified atom stereocenters. The first-order valence-electron chi connectivity index (χ1n) is 7.75. The summed E-state index contributed by atoms with van der Waals surface area (Å²) in [6.07, 6.45) is 7.70. The zero-order valence-electron chi connectivity index (χ0n) is 12.5. The van der Waals surface area contributed by atoms with Gasteiger partial charge in [0.15, 0.2) is 0 Å². The van der Waals surface area contributed by atoms with Crippen molar-refractivity contribution in [3.8, 4) is 10.4 Å². The summed E-state index contributed by atoms with van der Waals surface area (Å²) in [6.45, 7) is 1.02. The Morgan fingerprint density at radius 2 is 2.00 bits per heavy atom. The van der Waals surface area contributed by atoms with Crippen LogP contribution in [0.25, 0.3) is 10.4 Å². The van der Waals surface area contributed by atoms with Crippen LogP contribution in [0.3, 0.4) is 0 Å². The molecule has 1 aromatic carbocycles. The summed E-state index contributed by atoms with van der Waals surface area (Å²) in [5, 5.41) is 4.62. The highest BCUT2D eigenvalue weighted by Gasteiger charge is 2.20. The number of benzene rings is 1. The zero-order chi connectivity index (χ0) is 14.5. The second-order valence-corrected chi connectivity index (χ2v) is 8.04. The molecule has 1 nitrogen and oxygen atoms in total. The van der Waals surface area contributed by atoms with Crippen molar-refractivity contribution in [1.29, 1.82) is 0 Å². The van der Waals surface area contributed by atoms with Crippen LogP contribution in [0, 0.1) is 0 Å². The minimum absolute atomic E-state index is 0.707. The zero-order valence-corrected chi connectivity index (χ0v) is 14.2. The van der Waals surface area contributed by atoms with Gasteiger partial charge in [-0.2, -0.15) is 11.8 Å². The van der Waals surface area contributed by atoms with Crippen LogP contribution in [0.1, 0.15) is 30.6 Å². The van der Waals surface area contributed by atoms with Gasteiger partial charge in [0.25, 0.3) is 0 Å². The standard InChI is InChI=1S/C18H23NS2/c1-20-16-9-5-8-15(12-16)19-13-17-10-11-18(21-17)14-6-3-2-4-7-14/h2-4,6-7,10-11,15-16,19H,5,8-9,12-13H2,1H3. The van der Waals surface area contributed by atoms with Gasteiger partial charge in [-0.3, -0.25) is 0 Å². The van der Waals surface area contributed by atoms with E-state index in [4.69, 9.17) is 0 Å². The predicted molar refractivity (Wildman–Crippen MR) is 96.2 cm³/mol. The highest BCUT2D eigenvalue weighted by Crippen LogP contribution is 2.29. The van der Waals surface area contributed by atoms with Crippen molar-refractivity contribution in [3.63, 3.8) is 0 Å². The van der Waals surface area contributed by atoms with Crippen LogP contribution in [0.2, 0.25) is 0 Å². The molecule has 0 saturated heterocycles. The predicted octanol–water partition coefficient (Wildman–Crippen LogP) is 5.18. The van der Waals surface area contributed by atoms with Gasteiger partial charge in [0.2, 0.25) is 0 Å². The molecule has 0 spiro atoms. The van der Waals surface area contributed by atoms with Crippen LogP contribution in [-0.2, 0) is 6.54 Å². The fourth-order valence-corrected chi connectivity index (χ4v) is 4.81. The minimum atomic E-state index is 0.707. The number of hydrogen-bond donors (Lipinski definition) is 1. The van der Waals surface area contributed by atoms with Crippen LogP contribution in [0.15, 0.2) is 42.5 Å². The average molecular weight is 318 g/mol. The Morgan fingerprint density at radius 1 is 1.14 bits per heavy atom. The number of rotatable bonds is 5. The van der Waals surface area contributed by atoms with E-state index >= 15 is 0 Å². The molecule has 3 heteroatoms. The molecule has 1 fully saturated rings. The molecule has 1 saturated carbocycles. The maximum absolute atomic E-state index is 3.76. The lowest BCUT2D eigenvalue weighted by atomic mass is 9.95. The summed E-state index contributed by atoms with van der Waals surface area (Å²) < 4.78 is 0. The molecular formula is C18H23NS2. The molecule has 1 aliphatic rings. The summed E-state index contributed by atoms with van der Waals surface area (Å²) in [5.74, 6) is 0. The molecule has 21 heavy (non-hydrogen) atoms. The quantitative estimate of drug-likeness (QED) is 0.815. The summed E-state index contributed by atoms with van der Waals surface area (Å²) in [4.78, 5) is 2.82. The Labute approximate surface area is 136 Å². The van der Waals surface area contributed by atoms with Gasteiger partial charge in [0, 0.05) is 27.6 Å². The molecule has 3 rings (SSSR count). The molecule has 0 aliphatic heterocycles. The molecular weight excluding hydrogens is 294 g/mol. The van der Waals surface area contributed by atoms with Gasteiger partial charge in [-0.05, 0) is 43.2 Å². The third kappa shape index (κ3) is 4.12. The Morgan fingerprint density at radius 3 is 2.81 bits per heavy atom. The fraction of sp³-hybridized carbons (Fsp3) is 0.444. The van der Waals surface area contributed by atoms with Gasteiger partial charge in [0.1, 0.15) is 0 Å². The first-order valence-corrected chi connectivity index (χ1v) is 9.86. The summed E-state index contributed by atoms with van der Waals surface area (Å²) >= 11 is 3.95. The van der Waals surface area contributed by atoms with Crippen molar-refractivity contribution in [2.75, 3.05) is 6.26 Å². The molecule has 0 amide bonds. The lowest BCUT2D eigenvalue weighted by Crippen LogP contribution is -2.34. The third-order valence-electron chi connectivity index (χ3n) is 4.24. The van der Waals surface area contributed by atoms with Crippen LogP contribution in [0.4, 0.5) is 0 Å². The number of thioether (sulfide) groups is 1. The number of hydrogen-bond acceptors (Lipinski definition) is 3. The van der Waals surface area contributed by atoms with Gasteiger partial charge in [-0.1, -0.05) is 36.8 Å². The Kier molecular flexibility index (Phi) is 5.39. The monoisotopic (exact) mass is 317 g/mol. The molecule has 0 radical (unpaired) electrons. The van der Waals surface area contributed by atoms with Gasteiger partial charge < -0.3 is 5.32 Å². The van der Waals surface area contributed by atoms with Crippen LogP contribution in [-0.4, -0.2) is 17.5 Å². The van der Waals surface area contributed by atoms with Gasteiger partial charge in [0.05, 0.1) is 0 Å². The summed E-state index contributed by atoms with van der Waals surface area (Å²) in [5.41, 5.74) is 1.33. The van der Waals surface area contributed by atoms with E-state index in [1.807, 2.05) is 23.1 Å². The van der Waals surface area contributed by atoms with E-state index in [0.717, 1.165) is 11.8 Å². The second-order valence-electron chi connectivity index (χ2n) is 5.73. The fourth-order valence-electron chi connectivity index (χ4n) is 3.02. The summed E-state index contributed by atoms with van der Waals surface area (Å²) in [7, 11) is 0. The van der Waals surface area contributed by atoms with Gasteiger partial charge in [-0.25, -0.2) is 0 Å². The maximum Gasteiger partial charge on any atom is 0.0346 e. The molecule has 1 aromatic heterocycles. The van der Waals surface area contributed by atoms with E-state index < -0.39 is 0 Å². The van der Waals surface area contributed by atoms with Crippen LogP contribution < -0.4 is 5.32 Å². The number of thiophene rings is 1. The van der Waals surface area contributed by atoms with E-state index in [1.165, 1.54) is 41.0 Å². The van der Waals surface area contributed by atoms with Crippen molar-refractivity contribution < 1.29 is 0 Å². The Balaban J connectivity index is 1.55. The first kappa shape index (κ1) is 15.1. The highest BCUT2D eigenvalue weighted by molar-refractivity contribution is 7.99. The SMILES string of the molecule is CSC1CCCC(NCc2ccc(-c3ccccc3)s2)C1. The average Bonchev–Trinajstić information content (AvgIpc) is 3.03. The topological polar surface area (TPSA) is 12.0 Å². The largest absolute Gasteiger partial charge is 0.309 e. The van der Waals surface area contributed by atoms with E-state index in [0.29, 0.717) is 6.04 Å². The minimum Gasteiger partial charge on any atom is -0.309 e. The summed E-state index contributed by atoms with van der Waals surface area (Å²) in [6, 6.07) is 15.9. The van der Waals surface area contributed by atoms with Crippen molar-refractivity contribution in [3.05, 3.63) is 47.3 Å². The highest BCUT2D eigenvalue weighted by atomic mass is 32.2. The van der Waals surface area contributed by atoms with Crippen molar-refractivity contribution >= 4 is 23.1 Å². The normalized spacial score (nSPS) is 22.3. The van der Waals surface area contributed by atoms with Gasteiger partial charge in [-0.15, -0.1) is 11.3 Å². The molecule has 2 aromatic rings. The van der Waals surface area contributed by atoms with Crippen molar-refractivity contribution in [2.24, 2.45) is 0 Å². The molecule has 1 heterocycles. The van der Waals surface area contributed by atoms with Gasteiger partial charge >= 0.3 is 0 Å². The lowest BCUT2D eigenvalue weighted by molar-refractivity contribution is 0.381. The van der Waals surface area contributed by atoms with Crippen LogP contribution in [0.5, 0.6) is 0 Å². The van der Waals surface area contributed by atoms with E-state index in [9.17, 15) is 0 Å². The second kappa shape index (κ2) is 7.48. The Bertz CT molecular complexity index is 549. The maximum atomic E-state index is 3.76. The molecule has 0 bridgehead atoms. The first-order chi connectivity index (χ1) is 10.3. The third-order valence-corrected chi connectivity index (χ3v) is 6.47. The van der Waals surface area contributed by atoms with E-state index in [2.05, 4.69) is 54.0 Å².